The summed E-state index contributed by atoms with van der Waals surface area (Å²) in [5.41, 5.74) is 3.92. The van der Waals surface area contributed by atoms with Crippen LogP contribution in [0.25, 0.3) is 5.57 Å². The SMILES string of the molecule is CCc1ccc(C2=CCN=C2)cc1. The highest BCUT2D eigenvalue weighted by Crippen LogP contribution is 2.16. The zero-order valence-corrected chi connectivity index (χ0v) is 7.83. The molecule has 1 nitrogen and oxygen atoms in total. The van der Waals surface area contributed by atoms with E-state index in [2.05, 4.69) is 42.3 Å². The molecule has 0 radical (unpaired) electrons. The summed E-state index contributed by atoms with van der Waals surface area (Å²) in [5, 5.41) is 0. The topological polar surface area (TPSA) is 12.4 Å². The van der Waals surface area contributed by atoms with Gasteiger partial charge < -0.3 is 0 Å². The summed E-state index contributed by atoms with van der Waals surface area (Å²) in [6.07, 6.45) is 5.20. The number of nitrogens with zero attached hydrogens (tertiary/aromatic N) is 1. The van der Waals surface area contributed by atoms with Crippen molar-refractivity contribution >= 4 is 11.8 Å². The molecule has 0 bridgehead atoms. The smallest absolute Gasteiger partial charge is 0.0580 e. The van der Waals surface area contributed by atoms with Crippen LogP contribution in [0.4, 0.5) is 0 Å². The van der Waals surface area contributed by atoms with Crippen molar-refractivity contribution in [3.8, 4) is 0 Å². The highest BCUT2D eigenvalue weighted by molar-refractivity contribution is 6.11. The van der Waals surface area contributed by atoms with Crippen LogP contribution in [-0.2, 0) is 6.42 Å². The lowest BCUT2D eigenvalue weighted by atomic mass is 10.0. The standard InChI is InChI=1S/C12H13N/c1-2-10-3-5-11(6-4-10)12-7-8-13-9-12/h3-7,9H,2,8H2,1H3. The number of aliphatic imine (C=N–C) groups is 1. The maximum atomic E-state index is 4.17. The fourth-order valence-electron chi connectivity index (χ4n) is 1.48. The molecule has 1 heteroatoms. The van der Waals surface area contributed by atoms with Gasteiger partial charge in [0.2, 0.25) is 0 Å². The molecule has 0 fully saturated rings. The number of aryl methyl sites for hydroxylation is 1. The third-order valence-electron chi connectivity index (χ3n) is 2.34. The summed E-state index contributed by atoms with van der Waals surface area (Å²) in [7, 11) is 0. The zero-order valence-electron chi connectivity index (χ0n) is 7.83. The van der Waals surface area contributed by atoms with Gasteiger partial charge in [-0.2, -0.15) is 0 Å². The van der Waals surface area contributed by atoms with Crippen LogP contribution in [0.3, 0.4) is 0 Å². The van der Waals surface area contributed by atoms with Crippen molar-refractivity contribution in [2.45, 2.75) is 13.3 Å². The molecular weight excluding hydrogens is 158 g/mol. The zero-order chi connectivity index (χ0) is 9.10. The van der Waals surface area contributed by atoms with Crippen LogP contribution in [0.15, 0.2) is 35.3 Å². The highest BCUT2D eigenvalue weighted by atomic mass is 14.7. The largest absolute Gasteiger partial charge is 0.288 e. The van der Waals surface area contributed by atoms with Crippen molar-refractivity contribution in [3.05, 3.63) is 41.5 Å². The highest BCUT2D eigenvalue weighted by Gasteiger charge is 2.01. The Kier molecular flexibility index (Phi) is 2.26. The van der Waals surface area contributed by atoms with E-state index in [4.69, 9.17) is 0 Å². The predicted octanol–water partition coefficient (Wildman–Crippen LogP) is 2.72. The van der Waals surface area contributed by atoms with E-state index in [1.54, 1.807) is 0 Å². The van der Waals surface area contributed by atoms with Gasteiger partial charge in [-0.05, 0) is 23.1 Å². The van der Waals surface area contributed by atoms with E-state index in [0.717, 1.165) is 13.0 Å². The van der Waals surface area contributed by atoms with Gasteiger partial charge in [0, 0.05) is 6.21 Å². The number of allylic oxidation sites excluding steroid dienone is 1. The van der Waals surface area contributed by atoms with Crippen LogP contribution in [0.5, 0.6) is 0 Å². The quantitative estimate of drug-likeness (QED) is 0.648. The Balaban J connectivity index is 2.27. The predicted molar refractivity (Wildman–Crippen MR) is 57.2 cm³/mol. The van der Waals surface area contributed by atoms with Crippen molar-refractivity contribution in [1.29, 1.82) is 0 Å². The summed E-state index contributed by atoms with van der Waals surface area (Å²) >= 11 is 0. The molecule has 66 valence electrons. The van der Waals surface area contributed by atoms with E-state index in [0.29, 0.717) is 0 Å². The number of hydrogen-bond acceptors (Lipinski definition) is 1. The fraction of sp³-hybridized carbons (Fsp3) is 0.250. The van der Waals surface area contributed by atoms with Crippen molar-refractivity contribution in [2.75, 3.05) is 6.54 Å². The van der Waals surface area contributed by atoms with Gasteiger partial charge in [0.25, 0.3) is 0 Å². The minimum atomic E-state index is 0.838. The molecule has 0 N–H and O–H groups in total. The molecule has 0 saturated heterocycles. The Morgan fingerprint density at radius 1 is 1.23 bits per heavy atom. The van der Waals surface area contributed by atoms with E-state index in [1.807, 2.05) is 6.21 Å². The maximum Gasteiger partial charge on any atom is 0.0580 e. The van der Waals surface area contributed by atoms with Crippen molar-refractivity contribution in [2.24, 2.45) is 4.99 Å². The Hall–Kier alpha value is -1.37. The molecule has 0 aromatic heterocycles. The Bertz CT molecular complexity index is 344. The number of benzene rings is 1. The van der Waals surface area contributed by atoms with E-state index < -0.39 is 0 Å². The van der Waals surface area contributed by atoms with Crippen LogP contribution >= 0.6 is 0 Å². The fourth-order valence-corrected chi connectivity index (χ4v) is 1.48. The van der Waals surface area contributed by atoms with E-state index >= 15 is 0 Å². The monoisotopic (exact) mass is 171 g/mol. The summed E-state index contributed by atoms with van der Waals surface area (Å²) < 4.78 is 0. The Morgan fingerprint density at radius 3 is 2.54 bits per heavy atom. The van der Waals surface area contributed by atoms with Gasteiger partial charge in [0.1, 0.15) is 0 Å². The maximum absolute atomic E-state index is 4.17. The first-order valence-electron chi connectivity index (χ1n) is 4.69. The van der Waals surface area contributed by atoms with Gasteiger partial charge in [-0.25, -0.2) is 0 Å². The average Bonchev–Trinajstić information content (AvgIpc) is 2.71. The van der Waals surface area contributed by atoms with Crippen molar-refractivity contribution in [1.82, 2.24) is 0 Å². The van der Waals surface area contributed by atoms with Crippen LogP contribution in [0, 0.1) is 0 Å². The molecule has 13 heavy (non-hydrogen) atoms. The molecule has 1 aromatic rings. The lowest BCUT2D eigenvalue weighted by Gasteiger charge is -2.00. The Labute approximate surface area is 78.8 Å². The van der Waals surface area contributed by atoms with Crippen LogP contribution in [0.1, 0.15) is 18.1 Å². The molecule has 1 aromatic carbocycles. The van der Waals surface area contributed by atoms with Crippen molar-refractivity contribution in [3.63, 3.8) is 0 Å². The first-order valence-corrected chi connectivity index (χ1v) is 4.69. The molecule has 0 aliphatic carbocycles. The first kappa shape index (κ1) is 8.24. The molecule has 0 spiro atoms. The molecule has 1 aliphatic heterocycles. The van der Waals surface area contributed by atoms with E-state index in [9.17, 15) is 0 Å². The molecule has 0 saturated carbocycles. The van der Waals surface area contributed by atoms with Crippen LogP contribution < -0.4 is 0 Å². The molecule has 0 amide bonds. The second-order valence-electron chi connectivity index (χ2n) is 3.20. The third-order valence-corrected chi connectivity index (χ3v) is 2.34. The van der Waals surface area contributed by atoms with Gasteiger partial charge >= 0.3 is 0 Å². The second kappa shape index (κ2) is 3.56. The van der Waals surface area contributed by atoms with Crippen LogP contribution in [0.2, 0.25) is 0 Å². The summed E-state index contributed by atoms with van der Waals surface area (Å²) in [6, 6.07) is 8.70. The number of hydrogen-bond donors (Lipinski definition) is 0. The molecule has 1 heterocycles. The van der Waals surface area contributed by atoms with Gasteiger partial charge in [-0.3, -0.25) is 4.99 Å². The Morgan fingerprint density at radius 2 is 2.00 bits per heavy atom. The molecule has 1 aliphatic rings. The molecule has 0 unspecified atom stereocenters. The van der Waals surface area contributed by atoms with Crippen molar-refractivity contribution < 1.29 is 0 Å². The summed E-state index contributed by atoms with van der Waals surface area (Å²) in [4.78, 5) is 4.17. The third kappa shape index (κ3) is 1.69. The number of rotatable bonds is 2. The molecule has 2 rings (SSSR count). The van der Waals surface area contributed by atoms with E-state index in [-0.39, 0.29) is 0 Å². The molecular formula is C12H13N. The minimum Gasteiger partial charge on any atom is -0.288 e. The van der Waals surface area contributed by atoms with Gasteiger partial charge in [-0.1, -0.05) is 37.3 Å². The average molecular weight is 171 g/mol. The van der Waals surface area contributed by atoms with Gasteiger partial charge in [-0.15, -0.1) is 0 Å². The van der Waals surface area contributed by atoms with Gasteiger partial charge in [0.05, 0.1) is 6.54 Å². The lowest BCUT2D eigenvalue weighted by Crippen LogP contribution is -1.84. The summed E-state index contributed by atoms with van der Waals surface area (Å²) in [6.45, 7) is 3.01. The van der Waals surface area contributed by atoms with Gasteiger partial charge in [0.15, 0.2) is 0 Å². The summed E-state index contributed by atoms with van der Waals surface area (Å²) in [5.74, 6) is 0. The van der Waals surface area contributed by atoms with Crippen LogP contribution in [-0.4, -0.2) is 12.8 Å². The van der Waals surface area contributed by atoms with E-state index in [1.165, 1.54) is 16.7 Å². The molecule has 0 atom stereocenters. The lowest BCUT2D eigenvalue weighted by molar-refractivity contribution is 1.14. The first-order chi connectivity index (χ1) is 6.40. The minimum absolute atomic E-state index is 0.838. The second-order valence-corrected chi connectivity index (χ2v) is 3.20. The normalized spacial score (nSPS) is 14.7.